The largest absolute Gasteiger partial charge is 0.409 e. The van der Waals surface area contributed by atoms with Crippen LogP contribution in [0.25, 0.3) is 0 Å². The van der Waals surface area contributed by atoms with Crippen LogP contribution in [0.5, 0.6) is 0 Å². The molecule has 0 bridgehead atoms. The number of nitrogens with two attached hydrogens (primary N) is 1. The highest BCUT2D eigenvalue weighted by atomic mass is 35.5. The molecule has 5 N–H and O–H groups in total. The maximum Gasteiger partial charge on any atom is 0.170 e. The summed E-state index contributed by atoms with van der Waals surface area (Å²) in [7, 11) is 0. The molecule has 1 aromatic carbocycles. The van der Waals surface area contributed by atoms with Crippen molar-refractivity contribution in [3.63, 3.8) is 0 Å². The molecule has 6 nitrogen and oxygen atoms in total. The molecule has 0 amide bonds. The standard InChI is InChI=1S/C12H16ClN3O3/c13-9-3-7(12(14)15-19)1-2-8(9)4-16-5-10(17)11(18)6-16/h1-3,10-11,17-19H,4-6H2,(H2,14,15). The summed E-state index contributed by atoms with van der Waals surface area (Å²) in [4.78, 5) is 1.92. The number of aliphatic hydroxyl groups excluding tert-OH is 2. The summed E-state index contributed by atoms with van der Waals surface area (Å²) in [5.41, 5.74) is 6.88. The van der Waals surface area contributed by atoms with Gasteiger partial charge in [0, 0.05) is 30.2 Å². The lowest BCUT2D eigenvalue weighted by Crippen LogP contribution is -2.22. The first kappa shape index (κ1) is 14.1. The highest BCUT2D eigenvalue weighted by Crippen LogP contribution is 2.22. The first-order chi connectivity index (χ1) is 9.01. The Hall–Kier alpha value is -1.34. The monoisotopic (exact) mass is 285 g/mol. The van der Waals surface area contributed by atoms with Gasteiger partial charge < -0.3 is 21.2 Å². The van der Waals surface area contributed by atoms with E-state index in [-0.39, 0.29) is 5.84 Å². The normalized spacial score (nSPS) is 24.9. The van der Waals surface area contributed by atoms with Gasteiger partial charge in [0.2, 0.25) is 0 Å². The van der Waals surface area contributed by atoms with Gasteiger partial charge in [-0.2, -0.15) is 0 Å². The Balaban J connectivity index is 2.10. The second kappa shape index (κ2) is 5.75. The zero-order valence-electron chi connectivity index (χ0n) is 10.2. The molecular formula is C12H16ClN3O3. The number of hydrogen-bond donors (Lipinski definition) is 4. The number of nitrogens with zero attached hydrogens (tertiary/aromatic N) is 2. The van der Waals surface area contributed by atoms with E-state index < -0.39 is 12.2 Å². The molecule has 1 aliphatic heterocycles. The Morgan fingerprint density at radius 3 is 2.53 bits per heavy atom. The van der Waals surface area contributed by atoms with Crippen LogP contribution in [-0.4, -0.2) is 51.5 Å². The Morgan fingerprint density at radius 2 is 2.00 bits per heavy atom. The topological polar surface area (TPSA) is 102 Å². The van der Waals surface area contributed by atoms with Gasteiger partial charge in [-0.15, -0.1) is 0 Å². The van der Waals surface area contributed by atoms with Crippen molar-refractivity contribution in [2.75, 3.05) is 13.1 Å². The fourth-order valence-corrected chi connectivity index (χ4v) is 2.35. The maximum absolute atomic E-state index is 9.48. The number of hydrogen-bond acceptors (Lipinski definition) is 5. The van der Waals surface area contributed by atoms with Gasteiger partial charge in [0.25, 0.3) is 0 Å². The molecule has 1 fully saturated rings. The van der Waals surface area contributed by atoms with Gasteiger partial charge in [0.15, 0.2) is 5.84 Å². The smallest absolute Gasteiger partial charge is 0.170 e. The molecule has 0 aromatic heterocycles. The Labute approximate surface area is 115 Å². The second-order valence-electron chi connectivity index (χ2n) is 4.62. The van der Waals surface area contributed by atoms with Crippen molar-refractivity contribution in [3.8, 4) is 0 Å². The van der Waals surface area contributed by atoms with E-state index in [1.807, 2.05) is 4.90 Å². The van der Waals surface area contributed by atoms with Crippen LogP contribution in [0.15, 0.2) is 23.4 Å². The summed E-state index contributed by atoms with van der Waals surface area (Å²) in [5.74, 6) is 0.000432. The van der Waals surface area contributed by atoms with Crippen molar-refractivity contribution in [1.29, 1.82) is 0 Å². The zero-order valence-corrected chi connectivity index (χ0v) is 11.0. The molecule has 2 rings (SSSR count). The molecule has 1 aliphatic rings. The number of amidine groups is 1. The molecule has 0 aliphatic carbocycles. The molecule has 2 atom stereocenters. The first-order valence-electron chi connectivity index (χ1n) is 5.86. The highest BCUT2D eigenvalue weighted by Gasteiger charge is 2.29. The molecule has 19 heavy (non-hydrogen) atoms. The number of rotatable bonds is 3. The third kappa shape index (κ3) is 3.16. The summed E-state index contributed by atoms with van der Waals surface area (Å²) in [6, 6.07) is 5.11. The number of likely N-dealkylation sites (tertiary alicyclic amines) is 1. The van der Waals surface area contributed by atoms with Crippen molar-refractivity contribution < 1.29 is 15.4 Å². The SMILES string of the molecule is N/C(=N/O)c1ccc(CN2CC(O)C(O)C2)c(Cl)c1. The van der Waals surface area contributed by atoms with E-state index in [1.165, 1.54) is 0 Å². The van der Waals surface area contributed by atoms with Crippen LogP contribution < -0.4 is 5.73 Å². The predicted molar refractivity (Wildman–Crippen MR) is 71.3 cm³/mol. The summed E-state index contributed by atoms with van der Waals surface area (Å²) in [6.07, 6.45) is -1.43. The van der Waals surface area contributed by atoms with Crippen LogP contribution in [0.3, 0.4) is 0 Å². The minimum Gasteiger partial charge on any atom is -0.409 e. The molecule has 1 aromatic rings. The zero-order chi connectivity index (χ0) is 14.0. The lowest BCUT2D eigenvalue weighted by Gasteiger charge is -2.16. The molecule has 0 saturated carbocycles. The van der Waals surface area contributed by atoms with Crippen molar-refractivity contribution in [3.05, 3.63) is 34.3 Å². The van der Waals surface area contributed by atoms with E-state index in [9.17, 15) is 10.2 Å². The minimum absolute atomic E-state index is 0.000432. The van der Waals surface area contributed by atoms with Crippen LogP contribution in [-0.2, 0) is 6.54 Å². The average molecular weight is 286 g/mol. The van der Waals surface area contributed by atoms with E-state index in [0.717, 1.165) is 5.56 Å². The fraction of sp³-hybridized carbons (Fsp3) is 0.417. The minimum atomic E-state index is -0.713. The summed E-state index contributed by atoms with van der Waals surface area (Å²) in [6.45, 7) is 1.36. The molecular weight excluding hydrogens is 270 g/mol. The fourth-order valence-electron chi connectivity index (χ4n) is 2.11. The predicted octanol–water partition coefficient (Wildman–Crippen LogP) is -0.0281. The molecule has 0 radical (unpaired) electrons. The molecule has 104 valence electrons. The molecule has 7 heteroatoms. The second-order valence-corrected chi connectivity index (χ2v) is 5.03. The quantitative estimate of drug-likeness (QED) is 0.270. The number of halogens is 1. The summed E-state index contributed by atoms with van der Waals surface area (Å²) >= 11 is 6.14. The lowest BCUT2D eigenvalue weighted by molar-refractivity contribution is 0.0572. The third-order valence-corrected chi connectivity index (χ3v) is 3.54. The lowest BCUT2D eigenvalue weighted by atomic mass is 10.1. The number of aliphatic hydroxyl groups is 2. The Morgan fingerprint density at radius 1 is 1.37 bits per heavy atom. The summed E-state index contributed by atoms with van der Waals surface area (Å²) < 4.78 is 0. The Kier molecular flexibility index (Phi) is 4.26. The van der Waals surface area contributed by atoms with Crippen LogP contribution in [0.2, 0.25) is 5.02 Å². The number of β-amino-alcohol motifs (C(OH)–C–C–N with tert-alkyl or cyclic N) is 2. The van der Waals surface area contributed by atoms with Gasteiger partial charge in [-0.25, -0.2) is 0 Å². The van der Waals surface area contributed by atoms with Crippen LogP contribution >= 0.6 is 11.6 Å². The molecule has 1 heterocycles. The van der Waals surface area contributed by atoms with Gasteiger partial charge in [-0.05, 0) is 11.6 Å². The van der Waals surface area contributed by atoms with Crippen molar-refractivity contribution in [2.24, 2.45) is 10.9 Å². The van der Waals surface area contributed by atoms with Gasteiger partial charge in [-0.3, -0.25) is 4.90 Å². The van der Waals surface area contributed by atoms with E-state index in [4.69, 9.17) is 22.5 Å². The number of oxime groups is 1. The van der Waals surface area contributed by atoms with Gasteiger partial charge in [0.05, 0.1) is 12.2 Å². The van der Waals surface area contributed by atoms with Crippen molar-refractivity contribution >= 4 is 17.4 Å². The van der Waals surface area contributed by atoms with Crippen LogP contribution in [0.4, 0.5) is 0 Å². The van der Waals surface area contributed by atoms with E-state index in [2.05, 4.69) is 5.16 Å². The van der Waals surface area contributed by atoms with Gasteiger partial charge in [-0.1, -0.05) is 28.9 Å². The van der Waals surface area contributed by atoms with Crippen molar-refractivity contribution in [2.45, 2.75) is 18.8 Å². The van der Waals surface area contributed by atoms with E-state index in [1.54, 1.807) is 18.2 Å². The van der Waals surface area contributed by atoms with Crippen molar-refractivity contribution in [1.82, 2.24) is 4.90 Å². The van der Waals surface area contributed by atoms with Gasteiger partial charge in [0.1, 0.15) is 0 Å². The van der Waals surface area contributed by atoms with E-state index >= 15 is 0 Å². The number of benzene rings is 1. The first-order valence-corrected chi connectivity index (χ1v) is 6.24. The molecule has 2 unspecified atom stereocenters. The third-order valence-electron chi connectivity index (χ3n) is 3.19. The molecule has 1 saturated heterocycles. The van der Waals surface area contributed by atoms with E-state index in [0.29, 0.717) is 30.2 Å². The van der Waals surface area contributed by atoms with Gasteiger partial charge >= 0.3 is 0 Å². The van der Waals surface area contributed by atoms with Crippen LogP contribution in [0, 0.1) is 0 Å². The van der Waals surface area contributed by atoms with Crippen LogP contribution in [0.1, 0.15) is 11.1 Å². The summed E-state index contributed by atoms with van der Waals surface area (Å²) in [5, 5.41) is 31.0. The maximum atomic E-state index is 9.48. The molecule has 0 spiro atoms. The Bertz CT molecular complexity index is 485. The average Bonchev–Trinajstić information content (AvgIpc) is 2.70. The highest BCUT2D eigenvalue weighted by molar-refractivity contribution is 6.31.